The maximum atomic E-state index is 14.0. The van der Waals surface area contributed by atoms with Gasteiger partial charge in [0.05, 0.1) is 6.61 Å². The van der Waals surface area contributed by atoms with Crippen LogP contribution in [0, 0.1) is 0 Å². The molecule has 0 aromatic carbocycles. The summed E-state index contributed by atoms with van der Waals surface area (Å²) >= 11 is 0. The van der Waals surface area contributed by atoms with Gasteiger partial charge in [0, 0.05) is 12.4 Å². The second kappa shape index (κ2) is 4.93. The molecule has 6 nitrogen and oxygen atoms in total. The van der Waals surface area contributed by atoms with E-state index in [1.165, 1.54) is 12.4 Å². The zero-order valence-corrected chi connectivity index (χ0v) is 10.2. The number of aliphatic hydroxyl groups is 2. The first-order valence-electron chi connectivity index (χ1n) is 5.72. The Balaban J connectivity index is 2.09. The summed E-state index contributed by atoms with van der Waals surface area (Å²) in [6.07, 6.45) is -2.65. The predicted octanol–water partition coefficient (Wildman–Crippen LogP) is 0.224. The first kappa shape index (κ1) is 13.4. The number of ether oxygens (including phenoxy) is 2. The molecule has 0 radical (unpaired) electrons. The Morgan fingerprint density at radius 1 is 1.56 bits per heavy atom. The van der Waals surface area contributed by atoms with Crippen molar-refractivity contribution in [1.82, 2.24) is 9.78 Å². The summed E-state index contributed by atoms with van der Waals surface area (Å²) in [5, 5.41) is 23.4. The van der Waals surface area contributed by atoms with Gasteiger partial charge in [-0.1, -0.05) is 0 Å². The second-order valence-corrected chi connectivity index (χ2v) is 4.71. The zero-order chi connectivity index (χ0) is 13.3. The lowest BCUT2D eigenvalue weighted by Gasteiger charge is -2.41. The maximum Gasteiger partial charge on any atom is 0.219 e. The summed E-state index contributed by atoms with van der Waals surface area (Å²) in [5.41, 5.74) is 0. The van der Waals surface area contributed by atoms with Gasteiger partial charge in [-0.2, -0.15) is 5.10 Å². The standard InChI is InChI=1S/C11H17FN2O4/c1-11(2)17-6-7(15)9(18-11)8(16)10(12)14-5-3-4-13-14/h3-5,7-10,15-16H,6H2,1-2H3/t7-,8-,9-,10?/m1/s1. The number of rotatable bonds is 3. The number of alkyl halides is 1. The van der Waals surface area contributed by atoms with Crippen LogP contribution in [0.1, 0.15) is 20.1 Å². The van der Waals surface area contributed by atoms with Crippen molar-refractivity contribution in [3.63, 3.8) is 0 Å². The van der Waals surface area contributed by atoms with Crippen LogP contribution < -0.4 is 0 Å². The van der Waals surface area contributed by atoms with E-state index in [1.54, 1.807) is 19.9 Å². The molecule has 0 spiro atoms. The minimum absolute atomic E-state index is 0.0133. The zero-order valence-electron chi connectivity index (χ0n) is 10.2. The average molecular weight is 260 g/mol. The first-order chi connectivity index (χ1) is 8.41. The third kappa shape index (κ3) is 2.69. The van der Waals surface area contributed by atoms with Gasteiger partial charge in [-0.3, -0.25) is 0 Å². The Hall–Kier alpha value is -1.02. The third-order valence-electron chi connectivity index (χ3n) is 2.80. The molecule has 0 amide bonds. The van der Waals surface area contributed by atoms with Gasteiger partial charge in [0.1, 0.15) is 18.3 Å². The Bertz CT molecular complexity index is 384. The fourth-order valence-corrected chi connectivity index (χ4v) is 1.86. The van der Waals surface area contributed by atoms with E-state index in [-0.39, 0.29) is 6.61 Å². The number of hydrogen-bond acceptors (Lipinski definition) is 5. The molecule has 7 heteroatoms. The summed E-state index contributed by atoms with van der Waals surface area (Å²) in [6.45, 7) is 3.26. The molecule has 1 aromatic rings. The molecule has 1 fully saturated rings. The molecular weight excluding hydrogens is 243 g/mol. The van der Waals surface area contributed by atoms with E-state index in [1.807, 2.05) is 0 Å². The normalized spacial score (nSPS) is 30.9. The van der Waals surface area contributed by atoms with E-state index < -0.39 is 30.4 Å². The van der Waals surface area contributed by atoms with E-state index in [0.717, 1.165) is 4.68 Å². The summed E-state index contributed by atoms with van der Waals surface area (Å²) in [5.74, 6) is -0.964. The second-order valence-electron chi connectivity index (χ2n) is 4.71. The van der Waals surface area contributed by atoms with Gasteiger partial charge in [-0.05, 0) is 19.9 Å². The molecule has 1 aliphatic heterocycles. The van der Waals surface area contributed by atoms with E-state index in [2.05, 4.69) is 5.10 Å². The van der Waals surface area contributed by atoms with E-state index in [4.69, 9.17) is 9.47 Å². The van der Waals surface area contributed by atoms with E-state index >= 15 is 0 Å². The highest BCUT2D eigenvalue weighted by atomic mass is 19.1. The van der Waals surface area contributed by atoms with Crippen molar-refractivity contribution in [3.05, 3.63) is 18.5 Å². The van der Waals surface area contributed by atoms with Crippen molar-refractivity contribution in [2.45, 2.75) is 44.2 Å². The molecule has 102 valence electrons. The van der Waals surface area contributed by atoms with Crippen molar-refractivity contribution in [3.8, 4) is 0 Å². The lowest BCUT2D eigenvalue weighted by molar-refractivity contribution is -0.324. The molecule has 1 unspecified atom stereocenters. The first-order valence-corrected chi connectivity index (χ1v) is 5.72. The quantitative estimate of drug-likeness (QED) is 0.813. The molecule has 0 saturated carbocycles. The largest absolute Gasteiger partial charge is 0.388 e. The van der Waals surface area contributed by atoms with E-state index in [9.17, 15) is 14.6 Å². The summed E-state index contributed by atoms with van der Waals surface area (Å²) in [6, 6.07) is 1.55. The smallest absolute Gasteiger partial charge is 0.219 e. The maximum absolute atomic E-state index is 14.0. The van der Waals surface area contributed by atoms with Gasteiger partial charge in [0.25, 0.3) is 0 Å². The van der Waals surface area contributed by atoms with Crippen molar-refractivity contribution in [1.29, 1.82) is 0 Å². The molecule has 1 aliphatic rings. The monoisotopic (exact) mass is 260 g/mol. The minimum Gasteiger partial charge on any atom is -0.388 e. The molecule has 18 heavy (non-hydrogen) atoms. The van der Waals surface area contributed by atoms with Gasteiger partial charge >= 0.3 is 0 Å². The van der Waals surface area contributed by atoms with Crippen molar-refractivity contribution < 1.29 is 24.1 Å². The molecule has 1 aromatic heterocycles. The fraction of sp³-hybridized carbons (Fsp3) is 0.727. The summed E-state index contributed by atoms with van der Waals surface area (Å²) in [7, 11) is 0. The molecule has 0 aliphatic carbocycles. The summed E-state index contributed by atoms with van der Waals surface area (Å²) < 4.78 is 25.5. The molecule has 2 N–H and O–H groups in total. The number of aromatic nitrogens is 2. The third-order valence-corrected chi connectivity index (χ3v) is 2.80. The van der Waals surface area contributed by atoms with Gasteiger partial charge in [-0.25, -0.2) is 9.07 Å². The van der Waals surface area contributed by atoms with Gasteiger partial charge < -0.3 is 19.7 Å². The lowest BCUT2D eigenvalue weighted by atomic mass is 10.1. The van der Waals surface area contributed by atoms with Crippen LogP contribution in [-0.4, -0.2) is 50.7 Å². The molecule has 1 saturated heterocycles. The molecule has 2 heterocycles. The Morgan fingerprint density at radius 2 is 2.28 bits per heavy atom. The van der Waals surface area contributed by atoms with E-state index in [0.29, 0.717) is 0 Å². The Labute approximate surface area is 104 Å². The Kier molecular flexibility index (Phi) is 3.67. The number of hydrogen-bond donors (Lipinski definition) is 2. The van der Waals surface area contributed by atoms with Crippen molar-refractivity contribution >= 4 is 0 Å². The van der Waals surface area contributed by atoms with Crippen LogP contribution in [0.5, 0.6) is 0 Å². The highest BCUT2D eigenvalue weighted by Crippen LogP contribution is 2.28. The highest BCUT2D eigenvalue weighted by Gasteiger charge is 2.43. The summed E-state index contributed by atoms with van der Waals surface area (Å²) in [4.78, 5) is 0. The SMILES string of the molecule is CC1(C)OC[C@@H](O)[C@H]([C@@H](O)C(F)n2cccn2)O1. The Morgan fingerprint density at radius 3 is 2.89 bits per heavy atom. The molecular formula is C11H17FN2O4. The topological polar surface area (TPSA) is 76.7 Å². The predicted molar refractivity (Wildman–Crippen MR) is 59.3 cm³/mol. The number of halogens is 1. The van der Waals surface area contributed by atoms with Crippen molar-refractivity contribution in [2.75, 3.05) is 6.61 Å². The van der Waals surface area contributed by atoms with Crippen LogP contribution in [0.25, 0.3) is 0 Å². The van der Waals surface area contributed by atoms with Crippen LogP contribution in [0.15, 0.2) is 18.5 Å². The van der Waals surface area contributed by atoms with Crippen LogP contribution >= 0.6 is 0 Å². The highest BCUT2D eigenvalue weighted by molar-refractivity contribution is 4.88. The fourth-order valence-electron chi connectivity index (χ4n) is 1.86. The number of nitrogens with zero attached hydrogens (tertiary/aromatic N) is 2. The average Bonchev–Trinajstić information content (AvgIpc) is 2.84. The van der Waals surface area contributed by atoms with Gasteiger partial charge in [0.2, 0.25) is 6.30 Å². The van der Waals surface area contributed by atoms with Crippen LogP contribution in [0.3, 0.4) is 0 Å². The molecule has 4 atom stereocenters. The van der Waals surface area contributed by atoms with Gasteiger partial charge in [-0.15, -0.1) is 0 Å². The molecule has 0 bridgehead atoms. The molecule has 2 rings (SSSR count). The van der Waals surface area contributed by atoms with Crippen LogP contribution in [0.2, 0.25) is 0 Å². The number of aliphatic hydroxyl groups excluding tert-OH is 2. The minimum atomic E-state index is -1.78. The van der Waals surface area contributed by atoms with Gasteiger partial charge in [0.15, 0.2) is 5.79 Å². The van der Waals surface area contributed by atoms with Crippen LogP contribution in [-0.2, 0) is 9.47 Å². The van der Waals surface area contributed by atoms with Crippen molar-refractivity contribution in [2.24, 2.45) is 0 Å². The van der Waals surface area contributed by atoms with Crippen LogP contribution in [0.4, 0.5) is 4.39 Å². The lowest BCUT2D eigenvalue weighted by Crippen LogP contribution is -2.55.